The molecule has 1 aromatic heterocycles. The normalized spacial score (nSPS) is 18.6. The number of fused-ring (bicyclic) bond motifs is 1. The average molecular weight is 465 g/mol. The molecule has 0 radical (unpaired) electrons. The quantitative estimate of drug-likeness (QED) is 0.508. The van der Waals surface area contributed by atoms with Crippen molar-refractivity contribution in [1.29, 1.82) is 0 Å². The van der Waals surface area contributed by atoms with E-state index in [1.54, 1.807) is 12.1 Å². The van der Waals surface area contributed by atoms with Gasteiger partial charge in [0.25, 0.3) is 0 Å². The van der Waals surface area contributed by atoms with Crippen molar-refractivity contribution in [3.05, 3.63) is 71.2 Å². The molecule has 0 spiro atoms. The summed E-state index contributed by atoms with van der Waals surface area (Å²) in [5.41, 5.74) is 10.1. The van der Waals surface area contributed by atoms with Gasteiger partial charge >= 0.3 is 0 Å². The van der Waals surface area contributed by atoms with Crippen LogP contribution in [0.2, 0.25) is 0 Å². The van der Waals surface area contributed by atoms with E-state index in [1.807, 2.05) is 6.07 Å². The minimum Gasteiger partial charge on any atom is -0.346 e. The molecule has 0 aliphatic carbocycles. The molecule has 182 valence electrons. The molecule has 2 aliphatic rings. The van der Waals surface area contributed by atoms with Gasteiger partial charge in [0, 0.05) is 55.4 Å². The molecule has 2 fully saturated rings. The summed E-state index contributed by atoms with van der Waals surface area (Å²) in [6, 6.07) is 13.9. The molecule has 0 atom stereocenters. The first-order valence-corrected chi connectivity index (χ1v) is 12.9. The van der Waals surface area contributed by atoms with Crippen molar-refractivity contribution in [2.45, 2.75) is 57.7 Å². The van der Waals surface area contributed by atoms with Gasteiger partial charge in [0.15, 0.2) is 0 Å². The van der Waals surface area contributed by atoms with Gasteiger partial charge in [0.2, 0.25) is 0 Å². The second-order valence-electron chi connectivity index (χ2n) is 9.80. The first-order chi connectivity index (χ1) is 16.7. The largest absolute Gasteiger partial charge is 0.346 e. The van der Waals surface area contributed by atoms with Crippen LogP contribution < -0.4 is 5.73 Å². The minimum atomic E-state index is -0.117. The Labute approximate surface area is 202 Å². The number of rotatable bonds is 8. The highest BCUT2D eigenvalue weighted by Gasteiger charge is 2.24. The standard InChI is InChI=1S/C28H37FN4O/c29-27-9-8-22(19-30)18-26(27)23-10-14-33(15-11-23)34-21-24-20-32(28-7-3-2-6-25(24)28)17-16-31-12-4-1-5-13-31/h2-3,6-9,18,20,23H,1,4-5,10-17,19,21,30H2. The van der Waals surface area contributed by atoms with Gasteiger partial charge in [-0.3, -0.25) is 4.84 Å². The van der Waals surface area contributed by atoms with E-state index in [2.05, 4.69) is 45.0 Å². The molecule has 2 N–H and O–H groups in total. The molecule has 5 rings (SSSR count). The van der Waals surface area contributed by atoms with E-state index in [0.29, 0.717) is 13.2 Å². The maximum atomic E-state index is 14.4. The van der Waals surface area contributed by atoms with E-state index < -0.39 is 0 Å². The Balaban J connectivity index is 1.19. The Kier molecular flexibility index (Phi) is 7.60. The van der Waals surface area contributed by atoms with E-state index in [0.717, 1.165) is 50.1 Å². The van der Waals surface area contributed by atoms with Crippen molar-refractivity contribution in [1.82, 2.24) is 14.5 Å². The highest BCUT2D eigenvalue weighted by atomic mass is 19.1. The second kappa shape index (κ2) is 11.0. The van der Waals surface area contributed by atoms with Crippen molar-refractivity contribution in [3.8, 4) is 0 Å². The molecule has 3 heterocycles. The van der Waals surface area contributed by atoms with Crippen LogP contribution in [0.4, 0.5) is 4.39 Å². The molecule has 5 nitrogen and oxygen atoms in total. The van der Waals surface area contributed by atoms with Gasteiger partial charge in [-0.2, -0.15) is 5.06 Å². The van der Waals surface area contributed by atoms with Crippen LogP contribution in [0.5, 0.6) is 0 Å². The maximum Gasteiger partial charge on any atom is 0.126 e. The number of benzene rings is 2. The number of nitrogens with two attached hydrogens (primary N) is 1. The summed E-state index contributed by atoms with van der Waals surface area (Å²) in [6.07, 6.45) is 8.08. The molecule has 6 heteroatoms. The summed E-state index contributed by atoms with van der Waals surface area (Å²) >= 11 is 0. The van der Waals surface area contributed by atoms with Crippen molar-refractivity contribution in [3.63, 3.8) is 0 Å². The highest BCUT2D eigenvalue weighted by Crippen LogP contribution is 2.31. The van der Waals surface area contributed by atoms with Gasteiger partial charge in [-0.05, 0) is 68.0 Å². The first-order valence-electron chi connectivity index (χ1n) is 12.9. The van der Waals surface area contributed by atoms with Gasteiger partial charge in [0.05, 0.1) is 6.61 Å². The Hall–Kier alpha value is -2.25. The fourth-order valence-corrected chi connectivity index (χ4v) is 5.54. The van der Waals surface area contributed by atoms with Crippen LogP contribution in [-0.2, 0) is 24.5 Å². The van der Waals surface area contributed by atoms with Crippen LogP contribution in [-0.4, -0.2) is 47.3 Å². The summed E-state index contributed by atoms with van der Waals surface area (Å²) in [5, 5.41) is 3.33. The molecule has 0 amide bonds. The zero-order chi connectivity index (χ0) is 23.3. The summed E-state index contributed by atoms with van der Waals surface area (Å²) in [4.78, 5) is 8.83. The third kappa shape index (κ3) is 5.36. The molecule has 34 heavy (non-hydrogen) atoms. The topological polar surface area (TPSA) is 46.7 Å². The summed E-state index contributed by atoms with van der Waals surface area (Å²) in [7, 11) is 0. The molecular formula is C28H37FN4O. The van der Waals surface area contributed by atoms with E-state index >= 15 is 0 Å². The number of hydrogen-bond acceptors (Lipinski definition) is 4. The predicted octanol–water partition coefficient (Wildman–Crippen LogP) is 5.04. The number of piperidine rings is 2. The van der Waals surface area contributed by atoms with E-state index in [4.69, 9.17) is 10.6 Å². The lowest BCUT2D eigenvalue weighted by molar-refractivity contribution is -0.180. The molecule has 0 saturated carbocycles. The molecular weight excluding hydrogens is 427 g/mol. The maximum absolute atomic E-state index is 14.4. The van der Waals surface area contributed by atoms with Gasteiger partial charge in [-0.1, -0.05) is 36.8 Å². The third-order valence-electron chi connectivity index (χ3n) is 7.57. The lowest BCUT2D eigenvalue weighted by Gasteiger charge is -2.31. The Morgan fingerprint density at radius 1 is 0.941 bits per heavy atom. The Bertz CT molecular complexity index is 1080. The molecule has 2 aliphatic heterocycles. The highest BCUT2D eigenvalue weighted by molar-refractivity contribution is 5.83. The van der Waals surface area contributed by atoms with E-state index in [1.165, 1.54) is 48.8 Å². The Morgan fingerprint density at radius 3 is 2.53 bits per heavy atom. The van der Waals surface area contributed by atoms with Gasteiger partial charge < -0.3 is 15.2 Å². The lowest BCUT2D eigenvalue weighted by Crippen LogP contribution is -2.33. The van der Waals surface area contributed by atoms with Crippen molar-refractivity contribution in [2.75, 3.05) is 32.7 Å². The summed E-state index contributed by atoms with van der Waals surface area (Å²) in [5.74, 6) is 0.108. The minimum absolute atomic E-state index is 0.117. The molecule has 0 bridgehead atoms. The molecule has 3 aromatic rings. The first kappa shape index (κ1) is 23.5. The fourth-order valence-electron chi connectivity index (χ4n) is 5.54. The Morgan fingerprint density at radius 2 is 1.74 bits per heavy atom. The van der Waals surface area contributed by atoms with Crippen molar-refractivity contribution in [2.24, 2.45) is 5.73 Å². The van der Waals surface area contributed by atoms with Crippen LogP contribution in [0.3, 0.4) is 0 Å². The predicted molar refractivity (Wildman–Crippen MR) is 135 cm³/mol. The van der Waals surface area contributed by atoms with Gasteiger partial charge in [-0.15, -0.1) is 0 Å². The monoisotopic (exact) mass is 464 g/mol. The summed E-state index contributed by atoms with van der Waals surface area (Å²) < 4.78 is 16.8. The third-order valence-corrected chi connectivity index (χ3v) is 7.57. The lowest BCUT2D eigenvalue weighted by atomic mass is 9.89. The van der Waals surface area contributed by atoms with Gasteiger partial charge in [-0.25, -0.2) is 4.39 Å². The SMILES string of the molecule is NCc1ccc(F)c(C2CCN(OCc3cn(CCN4CCCCC4)c4ccccc34)CC2)c1. The zero-order valence-corrected chi connectivity index (χ0v) is 20.1. The second-order valence-corrected chi connectivity index (χ2v) is 9.80. The number of para-hydroxylation sites is 1. The van der Waals surface area contributed by atoms with E-state index in [9.17, 15) is 4.39 Å². The van der Waals surface area contributed by atoms with Crippen LogP contribution in [0.1, 0.15) is 54.7 Å². The van der Waals surface area contributed by atoms with Crippen molar-refractivity contribution >= 4 is 10.9 Å². The number of nitrogens with zero attached hydrogens (tertiary/aromatic N) is 3. The summed E-state index contributed by atoms with van der Waals surface area (Å²) in [6.45, 7) is 7.21. The van der Waals surface area contributed by atoms with E-state index in [-0.39, 0.29) is 11.7 Å². The molecule has 2 aromatic carbocycles. The number of aromatic nitrogens is 1. The smallest absolute Gasteiger partial charge is 0.126 e. The number of hydrogen-bond donors (Lipinski definition) is 1. The van der Waals surface area contributed by atoms with Crippen LogP contribution in [0.25, 0.3) is 10.9 Å². The number of halogens is 1. The van der Waals surface area contributed by atoms with Gasteiger partial charge in [0.1, 0.15) is 5.82 Å². The van der Waals surface area contributed by atoms with Crippen LogP contribution >= 0.6 is 0 Å². The average Bonchev–Trinajstić information content (AvgIpc) is 3.25. The van der Waals surface area contributed by atoms with Crippen LogP contribution in [0.15, 0.2) is 48.7 Å². The van der Waals surface area contributed by atoms with Crippen LogP contribution in [0, 0.1) is 5.82 Å². The number of likely N-dealkylation sites (tertiary alicyclic amines) is 1. The zero-order valence-electron chi connectivity index (χ0n) is 20.1. The molecule has 2 saturated heterocycles. The van der Waals surface area contributed by atoms with Crippen molar-refractivity contribution < 1.29 is 9.23 Å². The molecule has 0 unspecified atom stereocenters. The number of hydroxylamine groups is 2. The fraction of sp³-hybridized carbons (Fsp3) is 0.500.